The first-order valence-corrected chi connectivity index (χ1v) is 3.05. The van der Waals surface area contributed by atoms with Gasteiger partial charge in [0.2, 0.25) is 0 Å². The van der Waals surface area contributed by atoms with Crippen LogP contribution in [0.15, 0.2) is 0 Å². The van der Waals surface area contributed by atoms with E-state index in [0.29, 0.717) is 0 Å². The first-order chi connectivity index (χ1) is 2.81. The van der Waals surface area contributed by atoms with Gasteiger partial charge in [-0.25, -0.2) is 0 Å². The second-order valence-corrected chi connectivity index (χ2v) is 2.06. The molecular weight excluding hydrogens is 147 g/mol. The summed E-state index contributed by atoms with van der Waals surface area (Å²) in [6.07, 6.45) is 0. The number of rotatable bonds is 2. The van der Waals surface area contributed by atoms with Gasteiger partial charge in [-0.1, -0.05) is 22.9 Å². The van der Waals surface area contributed by atoms with Gasteiger partial charge in [-0.15, -0.1) is 0 Å². The Morgan fingerprint density at radius 1 is 1.83 bits per heavy atom. The predicted octanol–water partition coefficient (Wildman–Crippen LogP) is 1.99. The van der Waals surface area contributed by atoms with E-state index in [-0.39, 0.29) is 12.6 Å². The summed E-state index contributed by atoms with van der Waals surface area (Å²) in [5.74, 6) is 0.185. The second kappa shape index (κ2) is 3.59. The lowest BCUT2D eigenvalue weighted by atomic mass is 10.3. The lowest BCUT2D eigenvalue weighted by molar-refractivity contribution is 0.410. The quantitative estimate of drug-likeness (QED) is 0.535. The molecule has 0 bridgehead atoms. The summed E-state index contributed by atoms with van der Waals surface area (Å²) in [6, 6.07) is 0. The van der Waals surface area contributed by atoms with Gasteiger partial charge in [-0.2, -0.15) is 0 Å². The van der Waals surface area contributed by atoms with Crippen LogP contribution < -0.4 is 0 Å². The molecule has 0 heterocycles. The van der Waals surface area contributed by atoms with Crippen LogP contribution in [0.2, 0.25) is 0 Å². The van der Waals surface area contributed by atoms with Crippen LogP contribution in [-0.4, -0.2) is 12.0 Å². The van der Waals surface area contributed by atoms with E-state index in [2.05, 4.69) is 15.9 Å². The Morgan fingerprint density at radius 3 is 2.33 bits per heavy atom. The van der Waals surface area contributed by atoms with Gasteiger partial charge in [-0.05, 0) is 5.92 Å². The van der Waals surface area contributed by atoms with Crippen molar-refractivity contribution in [3.05, 3.63) is 0 Å². The molecule has 0 rings (SSSR count). The standard InChI is InChI=1S/C4H8BrF/c1-4(2-5)3-6/h4H,2-3H2,1H3/t4-/m0/s1. The van der Waals surface area contributed by atoms with Crippen LogP contribution in [-0.2, 0) is 0 Å². The smallest absolute Gasteiger partial charge is 0.0927 e. The fourth-order valence-corrected chi connectivity index (χ4v) is 0.214. The summed E-state index contributed by atoms with van der Waals surface area (Å²) < 4.78 is 11.4. The minimum Gasteiger partial charge on any atom is -0.251 e. The molecule has 1 atom stereocenters. The molecule has 0 aliphatic carbocycles. The Bertz CT molecular complexity index is 26.7. The molecule has 0 amide bonds. The predicted molar refractivity (Wildman–Crippen MR) is 28.9 cm³/mol. The van der Waals surface area contributed by atoms with Gasteiger partial charge in [0.25, 0.3) is 0 Å². The summed E-state index contributed by atoms with van der Waals surface area (Å²) in [5, 5.41) is 0.767. The summed E-state index contributed by atoms with van der Waals surface area (Å²) in [4.78, 5) is 0. The fraction of sp³-hybridized carbons (Fsp3) is 1.00. The Morgan fingerprint density at radius 2 is 2.33 bits per heavy atom. The molecule has 0 radical (unpaired) electrons. The van der Waals surface area contributed by atoms with Crippen molar-refractivity contribution in [3.8, 4) is 0 Å². The van der Waals surface area contributed by atoms with Crippen LogP contribution in [0, 0.1) is 5.92 Å². The Labute approximate surface area is 45.9 Å². The third kappa shape index (κ3) is 2.64. The van der Waals surface area contributed by atoms with Crippen molar-refractivity contribution in [1.82, 2.24) is 0 Å². The van der Waals surface area contributed by atoms with E-state index in [1.165, 1.54) is 0 Å². The minimum atomic E-state index is -0.217. The Hall–Kier alpha value is 0.410. The maximum atomic E-state index is 11.4. The fourth-order valence-electron chi connectivity index (χ4n) is 0.0412. The minimum absolute atomic E-state index is 0.185. The van der Waals surface area contributed by atoms with Gasteiger partial charge >= 0.3 is 0 Å². The Kier molecular flexibility index (Phi) is 3.84. The first-order valence-electron chi connectivity index (χ1n) is 1.93. The number of alkyl halides is 2. The van der Waals surface area contributed by atoms with E-state index in [1.807, 2.05) is 6.92 Å². The average molecular weight is 155 g/mol. The summed E-state index contributed by atoms with van der Waals surface area (Å²) in [7, 11) is 0. The van der Waals surface area contributed by atoms with Crippen molar-refractivity contribution in [2.45, 2.75) is 6.92 Å². The van der Waals surface area contributed by atoms with E-state index in [4.69, 9.17) is 0 Å². The summed E-state index contributed by atoms with van der Waals surface area (Å²) >= 11 is 3.13. The lowest BCUT2D eigenvalue weighted by Gasteiger charge is -1.94. The molecule has 0 N–H and O–H groups in total. The van der Waals surface area contributed by atoms with Gasteiger partial charge in [-0.3, -0.25) is 4.39 Å². The van der Waals surface area contributed by atoms with Crippen molar-refractivity contribution in [2.24, 2.45) is 5.92 Å². The zero-order valence-corrected chi connectivity index (χ0v) is 5.33. The largest absolute Gasteiger partial charge is 0.251 e. The maximum Gasteiger partial charge on any atom is 0.0927 e. The molecule has 0 aromatic carbocycles. The molecule has 6 heavy (non-hydrogen) atoms. The van der Waals surface area contributed by atoms with Crippen molar-refractivity contribution in [1.29, 1.82) is 0 Å². The molecule has 0 aliphatic heterocycles. The van der Waals surface area contributed by atoms with E-state index in [9.17, 15) is 4.39 Å². The van der Waals surface area contributed by atoms with Crippen molar-refractivity contribution in [2.75, 3.05) is 12.0 Å². The molecule has 0 fully saturated rings. The molecule has 0 spiro atoms. The van der Waals surface area contributed by atoms with Gasteiger partial charge in [0.1, 0.15) is 0 Å². The SMILES string of the molecule is C[C@H](CF)CBr. The highest BCUT2D eigenvalue weighted by atomic mass is 79.9. The van der Waals surface area contributed by atoms with E-state index in [1.54, 1.807) is 0 Å². The van der Waals surface area contributed by atoms with Gasteiger partial charge in [0.05, 0.1) is 6.67 Å². The monoisotopic (exact) mass is 154 g/mol. The normalized spacial score (nSPS) is 14.5. The molecular formula is C4H8BrF. The third-order valence-electron chi connectivity index (χ3n) is 0.527. The zero-order chi connectivity index (χ0) is 4.99. The molecule has 0 saturated carbocycles. The average Bonchev–Trinajstić information content (AvgIpc) is 1.65. The molecule has 0 aliphatic rings. The summed E-state index contributed by atoms with van der Waals surface area (Å²) in [5.41, 5.74) is 0. The van der Waals surface area contributed by atoms with Crippen LogP contribution in [0.1, 0.15) is 6.92 Å². The molecule has 0 aromatic heterocycles. The molecule has 2 heteroatoms. The van der Waals surface area contributed by atoms with Crippen LogP contribution in [0.25, 0.3) is 0 Å². The molecule has 38 valence electrons. The first kappa shape index (κ1) is 6.41. The van der Waals surface area contributed by atoms with Gasteiger partial charge in [0, 0.05) is 5.33 Å². The molecule has 0 saturated heterocycles. The topological polar surface area (TPSA) is 0 Å². The summed E-state index contributed by atoms with van der Waals surface area (Å²) in [6.45, 7) is 1.64. The van der Waals surface area contributed by atoms with Gasteiger partial charge < -0.3 is 0 Å². The highest BCUT2D eigenvalue weighted by Gasteiger charge is 1.93. The van der Waals surface area contributed by atoms with E-state index >= 15 is 0 Å². The van der Waals surface area contributed by atoms with Crippen LogP contribution in [0.5, 0.6) is 0 Å². The van der Waals surface area contributed by atoms with Crippen LogP contribution in [0.3, 0.4) is 0 Å². The van der Waals surface area contributed by atoms with Crippen molar-refractivity contribution < 1.29 is 4.39 Å². The Balaban J connectivity index is 2.75. The van der Waals surface area contributed by atoms with Crippen molar-refractivity contribution >= 4 is 15.9 Å². The van der Waals surface area contributed by atoms with Crippen LogP contribution in [0.4, 0.5) is 4.39 Å². The van der Waals surface area contributed by atoms with E-state index < -0.39 is 0 Å². The highest BCUT2D eigenvalue weighted by molar-refractivity contribution is 9.09. The third-order valence-corrected chi connectivity index (χ3v) is 1.63. The van der Waals surface area contributed by atoms with Crippen LogP contribution >= 0.6 is 15.9 Å². The molecule has 0 unspecified atom stereocenters. The number of hydrogen-bond acceptors (Lipinski definition) is 0. The molecule has 0 aromatic rings. The number of halogens is 2. The van der Waals surface area contributed by atoms with E-state index in [0.717, 1.165) is 5.33 Å². The highest BCUT2D eigenvalue weighted by Crippen LogP contribution is 1.98. The lowest BCUT2D eigenvalue weighted by Crippen LogP contribution is -1.95. The molecule has 0 nitrogen and oxygen atoms in total. The zero-order valence-electron chi connectivity index (χ0n) is 3.75. The van der Waals surface area contributed by atoms with Crippen molar-refractivity contribution in [3.63, 3.8) is 0 Å². The van der Waals surface area contributed by atoms with Gasteiger partial charge in [0.15, 0.2) is 0 Å². The number of hydrogen-bond donors (Lipinski definition) is 0. The maximum absolute atomic E-state index is 11.4. The second-order valence-electron chi connectivity index (χ2n) is 1.41.